The van der Waals surface area contributed by atoms with Crippen LogP contribution in [0.2, 0.25) is 0 Å². The highest BCUT2D eigenvalue weighted by molar-refractivity contribution is 6.09. The maximum absolute atomic E-state index is 13.5. The van der Waals surface area contributed by atoms with Crippen molar-refractivity contribution in [3.63, 3.8) is 0 Å². The Morgan fingerprint density at radius 3 is 2.48 bits per heavy atom. The van der Waals surface area contributed by atoms with Gasteiger partial charge in [-0.25, -0.2) is 8.78 Å². The third-order valence-electron chi connectivity index (χ3n) is 6.19. The molecule has 8 heteroatoms. The summed E-state index contributed by atoms with van der Waals surface area (Å²) in [7, 11) is 0. The monoisotopic (exact) mass is 399 g/mol. The van der Waals surface area contributed by atoms with Crippen molar-refractivity contribution in [3.8, 4) is 0 Å². The molecule has 3 heterocycles. The van der Waals surface area contributed by atoms with E-state index >= 15 is 0 Å². The Morgan fingerprint density at radius 2 is 1.85 bits per heavy atom. The van der Waals surface area contributed by atoms with Crippen molar-refractivity contribution in [2.45, 2.75) is 25.7 Å². The first kappa shape index (κ1) is 20.0. The lowest BCUT2D eigenvalue weighted by Gasteiger charge is -2.39. The van der Waals surface area contributed by atoms with Crippen LogP contribution >= 0.6 is 12.4 Å². The summed E-state index contributed by atoms with van der Waals surface area (Å²) in [6.45, 7) is 3.78. The van der Waals surface area contributed by atoms with Crippen LogP contribution in [0.15, 0.2) is 18.2 Å². The lowest BCUT2D eigenvalue weighted by molar-refractivity contribution is -0.141. The molecule has 1 aromatic rings. The molecule has 0 bridgehead atoms. The number of piperidine rings is 1. The zero-order chi connectivity index (χ0) is 18.3. The van der Waals surface area contributed by atoms with Gasteiger partial charge in [0, 0.05) is 37.9 Å². The molecule has 1 spiro atoms. The second kappa shape index (κ2) is 7.72. The molecule has 0 radical (unpaired) electrons. The number of carbonyl (C=O) groups excluding carboxylic acids is 2. The minimum Gasteiger partial charge on any atom is -0.342 e. The van der Waals surface area contributed by atoms with Crippen molar-refractivity contribution in [1.82, 2.24) is 10.2 Å². The molecular formula is C19H24ClF2N3O2. The number of carbonyl (C=O) groups is 2. The summed E-state index contributed by atoms with van der Waals surface area (Å²) in [5.41, 5.74) is 0.618. The number of hydrogen-bond acceptors (Lipinski definition) is 3. The topological polar surface area (TPSA) is 52.7 Å². The fraction of sp³-hybridized carbons (Fsp3) is 0.579. The van der Waals surface area contributed by atoms with E-state index in [1.165, 1.54) is 11.0 Å². The van der Waals surface area contributed by atoms with E-state index in [0.29, 0.717) is 37.2 Å². The molecular weight excluding hydrogens is 376 g/mol. The Balaban J connectivity index is 0.00000210. The van der Waals surface area contributed by atoms with E-state index in [9.17, 15) is 18.4 Å². The van der Waals surface area contributed by atoms with Gasteiger partial charge >= 0.3 is 0 Å². The molecule has 3 aliphatic rings. The van der Waals surface area contributed by atoms with Crippen molar-refractivity contribution in [3.05, 3.63) is 29.8 Å². The van der Waals surface area contributed by atoms with Crippen LogP contribution in [0.4, 0.5) is 14.5 Å². The SMILES string of the molecule is Cl.O=C(C1CCN(c2ccc(F)c(F)c2)C1=O)N1CCC2(CCNC2)CC1. The van der Waals surface area contributed by atoms with Gasteiger partial charge in [-0.15, -0.1) is 12.4 Å². The lowest BCUT2D eigenvalue weighted by atomic mass is 9.77. The smallest absolute Gasteiger partial charge is 0.239 e. The number of amides is 2. The number of anilines is 1. The molecule has 3 aliphatic heterocycles. The van der Waals surface area contributed by atoms with E-state index in [1.807, 2.05) is 0 Å². The van der Waals surface area contributed by atoms with Gasteiger partial charge in [-0.3, -0.25) is 9.59 Å². The van der Waals surface area contributed by atoms with Gasteiger partial charge in [0.15, 0.2) is 11.6 Å². The molecule has 1 atom stereocenters. The molecule has 3 fully saturated rings. The molecule has 0 saturated carbocycles. The molecule has 1 N–H and O–H groups in total. The Labute approximate surface area is 163 Å². The summed E-state index contributed by atoms with van der Waals surface area (Å²) in [5, 5.41) is 3.40. The number of nitrogens with zero attached hydrogens (tertiary/aromatic N) is 2. The first-order valence-corrected chi connectivity index (χ1v) is 9.25. The third kappa shape index (κ3) is 3.67. The van der Waals surface area contributed by atoms with Gasteiger partial charge in [-0.05, 0) is 49.8 Å². The second-order valence-electron chi connectivity index (χ2n) is 7.68. The number of nitrogens with one attached hydrogen (secondary N) is 1. The standard InChI is InChI=1S/C19H23F2N3O2.ClH/c20-15-2-1-13(11-16(15)21)24-8-3-14(18(24)26)17(25)23-9-5-19(6-10-23)4-7-22-12-19;/h1-2,11,14,22H,3-10,12H2;1H. The lowest BCUT2D eigenvalue weighted by Crippen LogP contribution is -2.47. The normalized spacial score (nSPS) is 24.4. The zero-order valence-corrected chi connectivity index (χ0v) is 15.9. The van der Waals surface area contributed by atoms with Crippen molar-refractivity contribution < 1.29 is 18.4 Å². The number of benzene rings is 1. The van der Waals surface area contributed by atoms with Crippen molar-refractivity contribution in [2.24, 2.45) is 11.3 Å². The molecule has 1 aromatic carbocycles. The first-order chi connectivity index (χ1) is 12.5. The zero-order valence-electron chi connectivity index (χ0n) is 15.0. The maximum Gasteiger partial charge on any atom is 0.239 e. The molecule has 3 saturated heterocycles. The van der Waals surface area contributed by atoms with Gasteiger partial charge in [-0.2, -0.15) is 0 Å². The summed E-state index contributed by atoms with van der Waals surface area (Å²) in [6.07, 6.45) is 3.51. The van der Waals surface area contributed by atoms with Gasteiger partial charge in [0.25, 0.3) is 0 Å². The van der Waals surface area contributed by atoms with E-state index in [2.05, 4.69) is 5.32 Å². The Kier molecular flexibility index (Phi) is 5.72. The largest absolute Gasteiger partial charge is 0.342 e. The Morgan fingerprint density at radius 1 is 1.11 bits per heavy atom. The van der Waals surface area contributed by atoms with Gasteiger partial charge in [0.05, 0.1) is 0 Å². The molecule has 4 rings (SSSR count). The van der Waals surface area contributed by atoms with Crippen LogP contribution in [0.1, 0.15) is 25.7 Å². The molecule has 2 amide bonds. The van der Waals surface area contributed by atoms with Gasteiger partial charge in [0.1, 0.15) is 5.92 Å². The third-order valence-corrected chi connectivity index (χ3v) is 6.19. The molecule has 0 aromatic heterocycles. The van der Waals surface area contributed by atoms with Crippen LogP contribution in [0, 0.1) is 23.0 Å². The average Bonchev–Trinajstić information content (AvgIpc) is 3.25. The highest BCUT2D eigenvalue weighted by Gasteiger charge is 2.43. The fourth-order valence-corrected chi connectivity index (χ4v) is 4.46. The van der Waals surface area contributed by atoms with Crippen LogP contribution in [-0.4, -0.2) is 49.4 Å². The van der Waals surface area contributed by atoms with E-state index in [4.69, 9.17) is 0 Å². The quantitative estimate of drug-likeness (QED) is 0.777. The Bertz CT molecular complexity index is 730. The predicted molar refractivity (Wildman–Crippen MR) is 99.8 cm³/mol. The van der Waals surface area contributed by atoms with Gasteiger partial charge in [0.2, 0.25) is 11.8 Å². The molecule has 5 nitrogen and oxygen atoms in total. The first-order valence-electron chi connectivity index (χ1n) is 9.25. The summed E-state index contributed by atoms with van der Waals surface area (Å²) in [4.78, 5) is 28.7. The summed E-state index contributed by atoms with van der Waals surface area (Å²) in [5.74, 6) is -3.09. The van der Waals surface area contributed by atoms with E-state index < -0.39 is 17.6 Å². The molecule has 0 aliphatic carbocycles. The van der Waals surface area contributed by atoms with E-state index in [1.54, 1.807) is 4.90 Å². The van der Waals surface area contributed by atoms with Crippen LogP contribution in [0.5, 0.6) is 0 Å². The summed E-state index contributed by atoms with van der Waals surface area (Å²) >= 11 is 0. The highest BCUT2D eigenvalue weighted by atomic mass is 35.5. The Hall–Kier alpha value is -1.73. The molecule has 148 valence electrons. The van der Waals surface area contributed by atoms with Gasteiger partial charge < -0.3 is 15.1 Å². The maximum atomic E-state index is 13.5. The number of likely N-dealkylation sites (tertiary alicyclic amines) is 1. The molecule has 27 heavy (non-hydrogen) atoms. The highest BCUT2D eigenvalue weighted by Crippen LogP contribution is 2.38. The van der Waals surface area contributed by atoms with Crippen LogP contribution in [-0.2, 0) is 9.59 Å². The van der Waals surface area contributed by atoms with Gasteiger partial charge in [-0.1, -0.05) is 0 Å². The molecule has 1 unspecified atom stereocenters. The van der Waals surface area contributed by atoms with Crippen LogP contribution < -0.4 is 10.2 Å². The minimum atomic E-state index is -0.989. The summed E-state index contributed by atoms with van der Waals surface area (Å²) < 4.78 is 26.6. The van der Waals surface area contributed by atoms with Crippen LogP contribution in [0.3, 0.4) is 0 Å². The van der Waals surface area contributed by atoms with Crippen molar-refractivity contribution in [2.75, 3.05) is 37.6 Å². The van der Waals surface area contributed by atoms with Crippen LogP contribution in [0.25, 0.3) is 0 Å². The number of hydrogen-bond donors (Lipinski definition) is 1. The summed E-state index contributed by atoms with van der Waals surface area (Å²) in [6, 6.07) is 3.39. The average molecular weight is 400 g/mol. The minimum absolute atomic E-state index is 0. The van der Waals surface area contributed by atoms with Crippen molar-refractivity contribution >= 4 is 29.9 Å². The number of rotatable bonds is 2. The van der Waals surface area contributed by atoms with E-state index in [-0.39, 0.29) is 24.2 Å². The fourth-order valence-electron chi connectivity index (χ4n) is 4.46. The number of halogens is 3. The second-order valence-corrected chi connectivity index (χ2v) is 7.68. The van der Waals surface area contributed by atoms with Crippen molar-refractivity contribution in [1.29, 1.82) is 0 Å². The predicted octanol–water partition coefficient (Wildman–Crippen LogP) is 2.34. The van der Waals surface area contributed by atoms with E-state index in [0.717, 1.165) is 44.5 Å².